The lowest BCUT2D eigenvalue weighted by Gasteiger charge is -2.27. The second-order valence-corrected chi connectivity index (χ2v) is 4.17. The van der Waals surface area contributed by atoms with Crippen LogP contribution in [0.4, 0.5) is 0 Å². The van der Waals surface area contributed by atoms with Crippen LogP contribution in [0, 0.1) is 0 Å². The molecular weight excluding hydrogens is 164 g/mol. The summed E-state index contributed by atoms with van der Waals surface area (Å²) in [7, 11) is 0. The van der Waals surface area contributed by atoms with Gasteiger partial charge in [-0.1, -0.05) is 0 Å². The van der Waals surface area contributed by atoms with Gasteiger partial charge < -0.3 is 10.1 Å². The monoisotopic (exact) mass is 184 g/mol. The molecule has 2 rings (SSSR count). The lowest BCUT2D eigenvalue weighted by atomic mass is 10.2. The molecule has 2 heterocycles. The quantitative estimate of drug-likeness (QED) is 0.652. The molecule has 2 aliphatic rings. The fourth-order valence-corrected chi connectivity index (χ4v) is 2.25. The minimum Gasteiger partial charge on any atom is -0.363 e. The lowest BCUT2D eigenvalue weighted by Crippen LogP contribution is -2.41. The molecule has 2 atom stereocenters. The molecule has 2 unspecified atom stereocenters. The van der Waals surface area contributed by atoms with Crippen molar-refractivity contribution in [3.63, 3.8) is 0 Å². The lowest BCUT2D eigenvalue weighted by molar-refractivity contribution is -0.0196. The molecule has 13 heavy (non-hydrogen) atoms. The van der Waals surface area contributed by atoms with Gasteiger partial charge in [0, 0.05) is 25.7 Å². The molecule has 3 nitrogen and oxygen atoms in total. The summed E-state index contributed by atoms with van der Waals surface area (Å²) < 4.78 is 5.69. The first-order valence-electron chi connectivity index (χ1n) is 5.45. The van der Waals surface area contributed by atoms with Crippen LogP contribution in [0.5, 0.6) is 0 Å². The Morgan fingerprint density at radius 2 is 2.31 bits per heavy atom. The van der Waals surface area contributed by atoms with Gasteiger partial charge in [-0.25, -0.2) is 0 Å². The molecule has 1 N–H and O–H groups in total. The minimum absolute atomic E-state index is 0.419. The summed E-state index contributed by atoms with van der Waals surface area (Å²) >= 11 is 0. The zero-order valence-electron chi connectivity index (χ0n) is 8.46. The number of hydrogen-bond acceptors (Lipinski definition) is 3. The zero-order valence-corrected chi connectivity index (χ0v) is 8.46. The fraction of sp³-hybridized carbons (Fsp3) is 1.00. The van der Waals surface area contributed by atoms with Crippen molar-refractivity contribution in [3.05, 3.63) is 0 Å². The number of nitrogens with zero attached hydrogens (tertiary/aromatic N) is 1. The highest BCUT2D eigenvalue weighted by Crippen LogP contribution is 2.17. The number of rotatable bonds is 1. The number of ether oxygens (including phenoxy) is 1. The normalized spacial score (nSPS) is 37.6. The van der Waals surface area contributed by atoms with Crippen molar-refractivity contribution in [3.8, 4) is 0 Å². The Kier molecular flexibility index (Phi) is 3.19. The van der Waals surface area contributed by atoms with Gasteiger partial charge in [0.15, 0.2) is 0 Å². The van der Waals surface area contributed by atoms with Crippen LogP contribution < -0.4 is 5.32 Å². The minimum atomic E-state index is 0.419. The fourth-order valence-electron chi connectivity index (χ4n) is 2.25. The standard InChI is InChI=1S/C10H20N2O/c1-9-8-12(6-3-5-11-9)10-4-2-7-13-10/h9-11H,2-8H2,1H3. The smallest absolute Gasteiger partial charge is 0.110 e. The number of nitrogens with one attached hydrogen (secondary N) is 1. The van der Waals surface area contributed by atoms with Crippen LogP contribution in [0.3, 0.4) is 0 Å². The Morgan fingerprint density at radius 3 is 3.08 bits per heavy atom. The van der Waals surface area contributed by atoms with Gasteiger partial charge in [0.2, 0.25) is 0 Å². The third kappa shape index (κ3) is 2.42. The van der Waals surface area contributed by atoms with E-state index in [0.29, 0.717) is 12.3 Å². The van der Waals surface area contributed by atoms with E-state index in [9.17, 15) is 0 Å². The molecule has 0 aromatic heterocycles. The van der Waals surface area contributed by atoms with Crippen LogP contribution in [-0.2, 0) is 4.74 Å². The highest BCUT2D eigenvalue weighted by Gasteiger charge is 2.25. The predicted molar refractivity (Wildman–Crippen MR) is 52.6 cm³/mol. The van der Waals surface area contributed by atoms with Crippen molar-refractivity contribution >= 4 is 0 Å². The molecule has 3 heteroatoms. The SMILES string of the molecule is CC1CN(C2CCCO2)CCCN1. The maximum Gasteiger partial charge on any atom is 0.110 e. The summed E-state index contributed by atoms with van der Waals surface area (Å²) in [6, 6.07) is 0.617. The Balaban J connectivity index is 1.88. The molecule has 0 aliphatic carbocycles. The maximum atomic E-state index is 5.69. The van der Waals surface area contributed by atoms with Gasteiger partial charge in [0.05, 0.1) is 0 Å². The van der Waals surface area contributed by atoms with Crippen LogP contribution in [0.15, 0.2) is 0 Å². The van der Waals surface area contributed by atoms with Crippen LogP contribution in [0.1, 0.15) is 26.2 Å². The first-order chi connectivity index (χ1) is 6.36. The van der Waals surface area contributed by atoms with E-state index in [4.69, 9.17) is 4.74 Å². The van der Waals surface area contributed by atoms with Crippen LogP contribution in [0.25, 0.3) is 0 Å². The molecule has 2 fully saturated rings. The van der Waals surface area contributed by atoms with Crippen LogP contribution in [-0.4, -0.2) is 43.4 Å². The Bertz CT molecular complexity index is 157. The van der Waals surface area contributed by atoms with E-state index < -0.39 is 0 Å². The van der Waals surface area contributed by atoms with Crippen molar-refractivity contribution < 1.29 is 4.74 Å². The van der Waals surface area contributed by atoms with Gasteiger partial charge in [-0.2, -0.15) is 0 Å². The molecule has 76 valence electrons. The summed E-state index contributed by atoms with van der Waals surface area (Å²) in [4.78, 5) is 2.50. The summed E-state index contributed by atoms with van der Waals surface area (Å²) in [6.07, 6.45) is 4.14. The van der Waals surface area contributed by atoms with E-state index in [2.05, 4.69) is 17.1 Å². The van der Waals surface area contributed by atoms with Gasteiger partial charge in [-0.3, -0.25) is 4.90 Å². The summed E-state index contributed by atoms with van der Waals surface area (Å²) in [5.74, 6) is 0. The van der Waals surface area contributed by atoms with Crippen molar-refractivity contribution in [1.82, 2.24) is 10.2 Å². The zero-order chi connectivity index (χ0) is 9.10. The first kappa shape index (κ1) is 9.44. The second-order valence-electron chi connectivity index (χ2n) is 4.17. The van der Waals surface area contributed by atoms with Gasteiger partial charge in [0.1, 0.15) is 6.23 Å². The molecular formula is C10H20N2O. The Hall–Kier alpha value is -0.120. The van der Waals surface area contributed by atoms with Crippen LogP contribution >= 0.6 is 0 Å². The predicted octanol–water partition coefficient (Wildman–Crippen LogP) is 0.807. The molecule has 0 amide bonds. The molecule has 0 spiro atoms. The van der Waals surface area contributed by atoms with E-state index in [-0.39, 0.29) is 0 Å². The Labute approximate surface area is 80.4 Å². The highest BCUT2D eigenvalue weighted by molar-refractivity contribution is 4.76. The van der Waals surface area contributed by atoms with E-state index in [1.54, 1.807) is 0 Å². The topological polar surface area (TPSA) is 24.5 Å². The van der Waals surface area contributed by atoms with E-state index >= 15 is 0 Å². The van der Waals surface area contributed by atoms with Crippen LogP contribution in [0.2, 0.25) is 0 Å². The number of hydrogen-bond donors (Lipinski definition) is 1. The third-order valence-corrected chi connectivity index (χ3v) is 2.94. The molecule has 0 bridgehead atoms. The van der Waals surface area contributed by atoms with Crippen molar-refractivity contribution in [1.29, 1.82) is 0 Å². The van der Waals surface area contributed by atoms with E-state index in [1.165, 1.54) is 25.8 Å². The summed E-state index contributed by atoms with van der Waals surface area (Å²) in [5.41, 5.74) is 0. The molecule has 2 saturated heterocycles. The molecule has 2 aliphatic heterocycles. The van der Waals surface area contributed by atoms with Crippen molar-refractivity contribution in [2.45, 2.75) is 38.5 Å². The van der Waals surface area contributed by atoms with Gasteiger partial charge in [0.25, 0.3) is 0 Å². The van der Waals surface area contributed by atoms with E-state index in [1.807, 2.05) is 0 Å². The molecule has 0 aromatic rings. The van der Waals surface area contributed by atoms with Crippen molar-refractivity contribution in [2.24, 2.45) is 0 Å². The molecule has 0 radical (unpaired) electrons. The largest absolute Gasteiger partial charge is 0.363 e. The second kappa shape index (κ2) is 4.40. The summed E-state index contributed by atoms with van der Waals surface area (Å²) in [5, 5.41) is 3.50. The third-order valence-electron chi connectivity index (χ3n) is 2.94. The molecule has 0 saturated carbocycles. The maximum absolute atomic E-state index is 5.69. The Morgan fingerprint density at radius 1 is 1.38 bits per heavy atom. The van der Waals surface area contributed by atoms with E-state index in [0.717, 1.165) is 19.7 Å². The highest BCUT2D eigenvalue weighted by atomic mass is 16.5. The van der Waals surface area contributed by atoms with Crippen molar-refractivity contribution in [2.75, 3.05) is 26.2 Å². The first-order valence-corrected chi connectivity index (χ1v) is 5.45. The average molecular weight is 184 g/mol. The molecule has 0 aromatic carbocycles. The van der Waals surface area contributed by atoms with Gasteiger partial charge in [-0.15, -0.1) is 0 Å². The van der Waals surface area contributed by atoms with Gasteiger partial charge in [-0.05, 0) is 32.7 Å². The summed E-state index contributed by atoms with van der Waals surface area (Å²) in [6.45, 7) is 6.72. The average Bonchev–Trinajstić information content (AvgIpc) is 2.56. The van der Waals surface area contributed by atoms with Gasteiger partial charge >= 0.3 is 0 Å².